The maximum atomic E-state index is 13.0. The molecule has 0 N–H and O–H groups in total. The lowest BCUT2D eigenvalue weighted by Gasteiger charge is -2.26. The number of morpholine rings is 1. The van der Waals surface area contributed by atoms with Gasteiger partial charge in [0.1, 0.15) is 0 Å². The summed E-state index contributed by atoms with van der Waals surface area (Å²) in [5.74, 6) is 0.155. The van der Waals surface area contributed by atoms with Crippen molar-refractivity contribution >= 4 is 38.7 Å². The molecular formula is C22H32N4O4S2. The smallest absolute Gasteiger partial charge is 0.243 e. The van der Waals surface area contributed by atoms with Crippen LogP contribution in [0.3, 0.4) is 0 Å². The lowest BCUT2D eigenvalue weighted by Crippen LogP contribution is -2.40. The maximum Gasteiger partial charge on any atom is 0.243 e. The van der Waals surface area contributed by atoms with Gasteiger partial charge in [-0.05, 0) is 44.9 Å². The first-order chi connectivity index (χ1) is 15.4. The van der Waals surface area contributed by atoms with E-state index in [1.54, 1.807) is 12.1 Å². The van der Waals surface area contributed by atoms with Crippen LogP contribution in [-0.4, -0.2) is 77.7 Å². The fourth-order valence-corrected chi connectivity index (χ4v) is 6.84. The zero-order valence-corrected chi connectivity index (χ0v) is 20.5. The number of likely N-dealkylation sites (tertiary alicyclic amines) is 1. The van der Waals surface area contributed by atoms with Crippen LogP contribution in [0, 0.1) is 0 Å². The van der Waals surface area contributed by atoms with E-state index in [1.165, 1.54) is 28.9 Å². The van der Waals surface area contributed by atoms with E-state index in [2.05, 4.69) is 4.57 Å². The number of rotatable bonds is 6. The molecule has 0 radical (unpaired) electrons. The van der Waals surface area contributed by atoms with E-state index in [4.69, 9.17) is 9.72 Å². The highest BCUT2D eigenvalue weighted by Crippen LogP contribution is 2.30. The Balaban J connectivity index is 1.57. The summed E-state index contributed by atoms with van der Waals surface area (Å²) in [5, 5.41) is 0.505. The number of amides is 1. The lowest BCUT2D eigenvalue weighted by atomic mass is 10.2. The molecule has 1 unspecified atom stereocenters. The summed E-state index contributed by atoms with van der Waals surface area (Å²) in [6, 6.07) is 5.13. The second-order valence-electron chi connectivity index (χ2n) is 8.31. The van der Waals surface area contributed by atoms with Crippen LogP contribution in [-0.2, 0) is 26.1 Å². The number of imidazole rings is 1. The van der Waals surface area contributed by atoms with Crippen LogP contribution < -0.4 is 0 Å². The summed E-state index contributed by atoms with van der Waals surface area (Å²) in [4.78, 5) is 20.0. The average molecular weight is 481 g/mol. The second kappa shape index (κ2) is 10.1. The van der Waals surface area contributed by atoms with E-state index in [0.717, 1.165) is 36.6 Å². The highest BCUT2D eigenvalue weighted by atomic mass is 32.2. The van der Waals surface area contributed by atoms with Crippen LogP contribution in [0.15, 0.2) is 28.3 Å². The number of thioether (sulfide) groups is 1. The molecule has 8 nitrogen and oxygen atoms in total. The lowest BCUT2D eigenvalue weighted by molar-refractivity contribution is -0.130. The Morgan fingerprint density at radius 2 is 1.81 bits per heavy atom. The number of benzene rings is 1. The minimum absolute atomic E-state index is 0.155. The van der Waals surface area contributed by atoms with Crippen LogP contribution in [0.1, 0.15) is 39.5 Å². The molecule has 32 heavy (non-hydrogen) atoms. The van der Waals surface area contributed by atoms with E-state index < -0.39 is 10.0 Å². The van der Waals surface area contributed by atoms with Crippen molar-refractivity contribution in [1.29, 1.82) is 0 Å². The summed E-state index contributed by atoms with van der Waals surface area (Å²) < 4.78 is 34.9. The van der Waals surface area contributed by atoms with Crippen molar-refractivity contribution < 1.29 is 17.9 Å². The molecule has 1 aromatic heterocycles. The largest absolute Gasteiger partial charge is 0.379 e. The summed E-state index contributed by atoms with van der Waals surface area (Å²) >= 11 is 1.45. The molecule has 2 aliphatic rings. The van der Waals surface area contributed by atoms with Gasteiger partial charge in [0.05, 0.1) is 34.4 Å². The van der Waals surface area contributed by atoms with Gasteiger partial charge < -0.3 is 14.2 Å². The van der Waals surface area contributed by atoms with E-state index >= 15 is 0 Å². The normalized spacial score (nSPS) is 19.8. The molecule has 0 saturated carbocycles. The van der Waals surface area contributed by atoms with Crippen LogP contribution in [0.2, 0.25) is 0 Å². The maximum absolute atomic E-state index is 13.0. The van der Waals surface area contributed by atoms with Gasteiger partial charge in [0.2, 0.25) is 15.9 Å². The fraction of sp³-hybridized carbons (Fsp3) is 0.636. The number of ether oxygens (including phenoxy) is 1. The number of carbonyl (C=O) groups excluding carboxylic acids is 1. The highest BCUT2D eigenvalue weighted by molar-refractivity contribution is 8.00. The molecule has 3 heterocycles. The van der Waals surface area contributed by atoms with Crippen molar-refractivity contribution in [2.24, 2.45) is 0 Å². The molecule has 2 aromatic rings. The second-order valence-corrected chi connectivity index (χ2v) is 11.6. The number of hydrogen-bond donors (Lipinski definition) is 0. The molecule has 2 saturated heterocycles. The van der Waals surface area contributed by atoms with Crippen molar-refractivity contribution in [3.63, 3.8) is 0 Å². The third-order valence-corrected chi connectivity index (χ3v) is 9.13. The minimum atomic E-state index is -3.58. The van der Waals surface area contributed by atoms with Crippen molar-refractivity contribution in [3.8, 4) is 0 Å². The van der Waals surface area contributed by atoms with Crippen LogP contribution in [0.4, 0.5) is 0 Å². The van der Waals surface area contributed by atoms with Gasteiger partial charge in [0.25, 0.3) is 0 Å². The fourth-order valence-electron chi connectivity index (χ4n) is 4.34. The monoisotopic (exact) mass is 480 g/mol. The molecule has 4 rings (SSSR count). The first kappa shape index (κ1) is 23.5. The highest BCUT2D eigenvalue weighted by Gasteiger charge is 2.28. The molecule has 1 aromatic carbocycles. The first-order valence-corrected chi connectivity index (χ1v) is 13.8. The molecule has 0 spiro atoms. The van der Waals surface area contributed by atoms with Crippen molar-refractivity contribution in [2.45, 2.75) is 61.4 Å². The van der Waals surface area contributed by atoms with Gasteiger partial charge in [-0.2, -0.15) is 4.31 Å². The number of fused-ring (bicyclic) bond motifs is 1. The van der Waals surface area contributed by atoms with Crippen molar-refractivity contribution in [3.05, 3.63) is 18.2 Å². The van der Waals surface area contributed by atoms with Gasteiger partial charge in [-0.15, -0.1) is 0 Å². The molecule has 2 aliphatic heterocycles. The number of nitrogens with zero attached hydrogens (tertiary/aromatic N) is 4. The van der Waals surface area contributed by atoms with Crippen LogP contribution in [0.25, 0.3) is 11.0 Å². The van der Waals surface area contributed by atoms with Gasteiger partial charge in [0.15, 0.2) is 5.16 Å². The molecule has 2 fully saturated rings. The number of carbonyl (C=O) groups is 1. The Hall–Kier alpha value is -1.62. The molecule has 0 bridgehead atoms. The third kappa shape index (κ3) is 4.83. The summed E-state index contributed by atoms with van der Waals surface area (Å²) in [6.07, 6.45) is 4.51. The zero-order chi connectivity index (χ0) is 22.7. The summed E-state index contributed by atoms with van der Waals surface area (Å²) in [6.45, 7) is 7.87. The molecule has 1 amide bonds. The van der Waals surface area contributed by atoms with Crippen LogP contribution >= 0.6 is 11.8 Å². The Labute approximate surface area is 194 Å². The van der Waals surface area contributed by atoms with Crippen molar-refractivity contribution in [2.75, 3.05) is 39.4 Å². The first-order valence-electron chi connectivity index (χ1n) is 11.5. The summed E-state index contributed by atoms with van der Waals surface area (Å²) in [5.41, 5.74) is 1.52. The predicted molar refractivity (Wildman–Crippen MR) is 125 cm³/mol. The summed E-state index contributed by atoms with van der Waals surface area (Å²) in [7, 11) is -3.58. The molecule has 1 atom stereocenters. The van der Waals surface area contributed by atoms with Crippen LogP contribution in [0.5, 0.6) is 0 Å². The van der Waals surface area contributed by atoms with E-state index in [9.17, 15) is 13.2 Å². The Bertz CT molecular complexity index is 1060. The van der Waals surface area contributed by atoms with E-state index in [1.807, 2.05) is 24.8 Å². The van der Waals surface area contributed by atoms with Gasteiger partial charge in [-0.3, -0.25) is 4.79 Å². The molecule has 10 heteroatoms. The number of aromatic nitrogens is 2. The van der Waals surface area contributed by atoms with Gasteiger partial charge in [-0.25, -0.2) is 13.4 Å². The Morgan fingerprint density at radius 3 is 2.47 bits per heavy atom. The van der Waals surface area contributed by atoms with Gasteiger partial charge >= 0.3 is 0 Å². The number of aryl methyl sites for hydroxylation is 1. The SMILES string of the molecule is CCn1c(SC(C)C(=O)N2CCCCCC2)nc2cc(S(=O)(=O)N3CCOCC3)ccc21. The topological polar surface area (TPSA) is 84.7 Å². The predicted octanol–water partition coefficient (Wildman–Crippen LogP) is 2.96. The van der Waals surface area contributed by atoms with E-state index in [-0.39, 0.29) is 16.1 Å². The van der Waals surface area contributed by atoms with E-state index in [0.29, 0.717) is 38.4 Å². The quantitative estimate of drug-likeness (QED) is 0.591. The Morgan fingerprint density at radius 1 is 1.12 bits per heavy atom. The number of sulfonamides is 1. The van der Waals surface area contributed by atoms with Gasteiger partial charge in [0, 0.05) is 32.7 Å². The zero-order valence-electron chi connectivity index (χ0n) is 18.8. The molecular weight excluding hydrogens is 448 g/mol. The molecule has 0 aliphatic carbocycles. The number of hydrogen-bond acceptors (Lipinski definition) is 6. The average Bonchev–Trinajstić information content (AvgIpc) is 2.96. The van der Waals surface area contributed by atoms with Crippen molar-refractivity contribution in [1.82, 2.24) is 18.8 Å². The molecule has 176 valence electrons. The minimum Gasteiger partial charge on any atom is -0.379 e. The third-order valence-electron chi connectivity index (χ3n) is 6.16. The standard InChI is InChI=1S/C22H32N4O4S2/c1-3-26-20-9-8-18(32(28,29)25-12-14-30-15-13-25)16-19(20)23-22(26)31-17(2)21(27)24-10-6-4-5-7-11-24/h8-9,16-17H,3-7,10-15H2,1-2H3. The Kier molecular flexibility index (Phi) is 7.44. The van der Waals surface area contributed by atoms with Gasteiger partial charge in [-0.1, -0.05) is 24.6 Å².